The van der Waals surface area contributed by atoms with Crippen LogP contribution in [-0.4, -0.2) is 77.2 Å². The van der Waals surface area contributed by atoms with Gasteiger partial charge < -0.3 is 29.6 Å². The molecule has 2 heterocycles. The first-order chi connectivity index (χ1) is 35.5. The van der Waals surface area contributed by atoms with Crippen molar-refractivity contribution in [3.05, 3.63) is 189 Å². The highest BCUT2D eigenvalue weighted by Gasteiger charge is 2.39. The number of rotatable bonds is 16. The number of carbonyl (C=O) groups is 2. The zero-order chi connectivity index (χ0) is 53.2. The highest BCUT2D eigenvalue weighted by atomic mass is 19.4. The smallest absolute Gasteiger partial charge is 0.416 e. The Morgan fingerprint density at radius 2 is 0.838 bits per heavy atom. The molecule has 0 radical (unpaired) electrons. The molecule has 74 heavy (non-hydrogen) atoms. The van der Waals surface area contributed by atoms with E-state index in [-0.39, 0.29) is 23.9 Å². The number of alkyl halides is 6. The molecular weight excluding hydrogens is 963 g/mol. The third-order valence-electron chi connectivity index (χ3n) is 13.9. The second kappa shape index (κ2) is 24.3. The van der Waals surface area contributed by atoms with Crippen molar-refractivity contribution >= 4 is 11.8 Å². The topological polar surface area (TPSA) is 102 Å². The number of benzene rings is 6. The molecule has 2 aliphatic rings. The number of fused-ring (bicyclic) bond motifs is 2. The minimum Gasteiger partial charge on any atom is -0.493 e. The molecule has 0 aliphatic carbocycles. The summed E-state index contributed by atoms with van der Waals surface area (Å²) in [6.45, 7) is 1.26. The van der Waals surface area contributed by atoms with Gasteiger partial charge in [-0.15, -0.1) is 0 Å². The van der Waals surface area contributed by atoms with Crippen LogP contribution in [-0.2, 0) is 47.6 Å². The highest BCUT2D eigenvalue weighted by molar-refractivity contribution is 5.83. The minimum absolute atomic E-state index is 0.116. The third kappa shape index (κ3) is 12.6. The Labute approximate surface area is 428 Å². The van der Waals surface area contributed by atoms with E-state index in [0.717, 1.165) is 68.8 Å². The van der Waals surface area contributed by atoms with E-state index in [9.17, 15) is 35.9 Å². The Morgan fingerprint density at radius 1 is 0.514 bits per heavy atom. The van der Waals surface area contributed by atoms with Gasteiger partial charge in [-0.25, -0.2) is 0 Å². The molecule has 6 aromatic carbocycles. The van der Waals surface area contributed by atoms with Crippen molar-refractivity contribution in [2.75, 3.05) is 55.6 Å². The van der Waals surface area contributed by atoms with Gasteiger partial charge in [-0.3, -0.25) is 19.4 Å². The molecule has 0 bridgehead atoms. The number of amides is 2. The Hall–Kier alpha value is -7.04. The van der Waals surface area contributed by atoms with Crippen molar-refractivity contribution in [1.29, 1.82) is 0 Å². The maximum Gasteiger partial charge on any atom is 0.416 e. The average molecular weight is 1030 g/mol. The molecule has 2 aliphatic heterocycles. The molecular formula is C58H62F6N4O6. The SMILES string of the molecule is CNC(=O)[C@@H](c1ccccc1)N1CCc2cc(OC)c(OC)cc2[C@@H]1CCc1ccc(C(F)(F)F)cc1.CNC(=O)[C@@H](c1ccccc1)N1CCc2cc(OC)c(OC)cc2[C@@H]1CCc1ccc(C(F)(F)F)cc1. The van der Waals surface area contributed by atoms with Crippen molar-refractivity contribution in [3.8, 4) is 23.0 Å². The summed E-state index contributed by atoms with van der Waals surface area (Å²) in [5.41, 5.74) is 6.30. The highest BCUT2D eigenvalue weighted by Crippen LogP contribution is 2.45. The van der Waals surface area contributed by atoms with Crippen LogP contribution in [0.25, 0.3) is 0 Å². The van der Waals surface area contributed by atoms with Gasteiger partial charge in [0.05, 0.1) is 39.6 Å². The Bertz CT molecular complexity index is 2620. The molecule has 0 fully saturated rings. The molecule has 0 saturated carbocycles. The number of hydrogen-bond acceptors (Lipinski definition) is 8. The summed E-state index contributed by atoms with van der Waals surface area (Å²) >= 11 is 0. The summed E-state index contributed by atoms with van der Waals surface area (Å²) in [5.74, 6) is 2.24. The molecule has 0 saturated heterocycles. The van der Waals surface area contributed by atoms with Gasteiger partial charge in [0.2, 0.25) is 11.8 Å². The van der Waals surface area contributed by atoms with E-state index >= 15 is 0 Å². The van der Waals surface area contributed by atoms with Gasteiger partial charge in [-0.1, -0.05) is 84.9 Å². The number of halogens is 6. The van der Waals surface area contributed by atoms with E-state index in [2.05, 4.69) is 20.4 Å². The van der Waals surface area contributed by atoms with Crippen LogP contribution < -0.4 is 29.6 Å². The standard InChI is InChI=1S/2C29H31F3N2O3/c2*1-33-28(35)27(20-7-5-4-6-8-20)34-16-15-21-17-25(36-2)26(37-3)18-23(21)24(34)14-11-19-9-12-22(13-10-19)29(30,31)32/h2*4-10,12-13,17-18,24,27H,11,14-16H2,1-3H3,(H,33,35)/t2*24-,27+/m00/s1. The summed E-state index contributed by atoms with van der Waals surface area (Å²) in [6, 6.07) is 36.3. The van der Waals surface area contributed by atoms with Gasteiger partial charge in [0.15, 0.2) is 23.0 Å². The number of hydrogen-bond donors (Lipinski definition) is 2. The van der Waals surface area contributed by atoms with E-state index < -0.39 is 35.6 Å². The number of ether oxygens (including phenoxy) is 4. The molecule has 2 N–H and O–H groups in total. The molecule has 10 nitrogen and oxygen atoms in total. The van der Waals surface area contributed by atoms with Crippen molar-refractivity contribution in [1.82, 2.24) is 20.4 Å². The molecule has 392 valence electrons. The van der Waals surface area contributed by atoms with Crippen LogP contribution in [0.3, 0.4) is 0 Å². The normalized spacial score (nSPS) is 16.5. The zero-order valence-electron chi connectivity index (χ0n) is 42.3. The molecule has 0 aromatic heterocycles. The first kappa shape index (κ1) is 54.7. The minimum atomic E-state index is -4.37. The number of nitrogens with zero attached hydrogens (tertiary/aromatic N) is 2. The van der Waals surface area contributed by atoms with Crippen molar-refractivity contribution in [3.63, 3.8) is 0 Å². The third-order valence-corrected chi connectivity index (χ3v) is 13.9. The van der Waals surface area contributed by atoms with Gasteiger partial charge in [0, 0.05) is 39.3 Å². The number of methoxy groups -OCH3 is 4. The van der Waals surface area contributed by atoms with E-state index in [1.165, 1.54) is 24.3 Å². The number of nitrogens with one attached hydrogen (secondary N) is 2. The molecule has 2 amide bonds. The fourth-order valence-electron chi connectivity index (χ4n) is 10.2. The van der Waals surface area contributed by atoms with E-state index in [4.69, 9.17) is 18.9 Å². The predicted molar refractivity (Wildman–Crippen MR) is 271 cm³/mol. The lowest BCUT2D eigenvalue weighted by Crippen LogP contribution is -2.44. The molecule has 0 spiro atoms. The van der Waals surface area contributed by atoms with Crippen LogP contribution in [0.2, 0.25) is 0 Å². The summed E-state index contributed by atoms with van der Waals surface area (Å²) in [4.78, 5) is 30.8. The molecule has 6 aromatic rings. The summed E-state index contributed by atoms with van der Waals surface area (Å²) in [6.07, 6.45) is -5.01. The van der Waals surface area contributed by atoms with Crippen LogP contribution in [0, 0.1) is 0 Å². The summed E-state index contributed by atoms with van der Waals surface area (Å²) in [5, 5.41) is 5.62. The Morgan fingerprint density at radius 3 is 1.14 bits per heavy atom. The largest absolute Gasteiger partial charge is 0.493 e. The Kier molecular flexibility index (Phi) is 18.0. The van der Waals surface area contributed by atoms with Crippen molar-refractivity contribution in [2.45, 2.75) is 75.0 Å². The fourth-order valence-corrected chi connectivity index (χ4v) is 10.2. The van der Waals surface area contributed by atoms with Gasteiger partial charge in [0.1, 0.15) is 12.1 Å². The lowest BCUT2D eigenvalue weighted by atomic mass is 9.86. The Balaban J connectivity index is 0.000000216. The number of aryl methyl sites for hydroxylation is 2. The lowest BCUT2D eigenvalue weighted by molar-refractivity contribution is -0.138. The summed E-state index contributed by atoms with van der Waals surface area (Å²) < 4.78 is 100. The van der Waals surface area contributed by atoms with Gasteiger partial charge in [-0.05, 0) is 132 Å². The molecule has 0 unspecified atom stereocenters. The van der Waals surface area contributed by atoms with Gasteiger partial charge >= 0.3 is 12.4 Å². The van der Waals surface area contributed by atoms with Crippen molar-refractivity contribution in [2.24, 2.45) is 0 Å². The molecule has 8 rings (SSSR count). The second-order valence-corrected chi connectivity index (χ2v) is 18.1. The van der Waals surface area contributed by atoms with Crippen LogP contribution in [0.5, 0.6) is 23.0 Å². The lowest BCUT2D eigenvalue weighted by Gasteiger charge is -2.42. The monoisotopic (exact) mass is 1020 g/mol. The fraction of sp³-hybridized carbons (Fsp3) is 0.345. The summed E-state index contributed by atoms with van der Waals surface area (Å²) in [7, 11) is 9.61. The average Bonchev–Trinajstić information content (AvgIpc) is 3.41. The zero-order valence-corrected chi connectivity index (χ0v) is 42.3. The van der Waals surface area contributed by atoms with Crippen LogP contribution in [0.1, 0.15) is 92.6 Å². The van der Waals surface area contributed by atoms with E-state index in [0.29, 0.717) is 74.6 Å². The maximum absolute atomic E-state index is 13.2. The first-order valence-electron chi connectivity index (χ1n) is 24.4. The maximum atomic E-state index is 13.2. The second-order valence-electron chi connectivity index (χ2n) is 18.1. The number of carbonyl (C=O) groups excluding carboxylic acids is 2. The van der Waals surface area contributed by atoms with Crippen molar-refractivity contribution < 1.29 is 54.9 Å². The first-order valence-corrected chi connectivity index (χ1v) is 24.4. The van der Waals surface area contributed by atoms with E-state index in [1.54, 1.807) is 42.5 Å². The quantitative estimate of drug-likeness (QED) is 0.0925. The van der Waals surface area contributed by atoms with Gasteiger partial charge in [-0.2, -0.15) is 26.3 Å². The number of likely N-dealkylation sites (N-methyl/N-ethyl adjacent to an activating group) is 2. The predicted octanol–water partition coefficient (Wildman–Crippen LogP) is 11.5. The molecule has 16 heteroatoms. The van der Waals surface area contributed by atoms with Crippen LogP contribution in [0.15, 0.2) is 133 Å². The van der Waals surface area contributed by atoms with Gasteiger partial charge in [0.25, 0.3) is 0 Å². The van der Waals surface area contributed by atoms with E-state index in [1.807, 2.05) is 84.9 Å². The molecule has 4 atom stereocenters. The van der Waals surface area contributed by atoms with Crippen LogP contribution >= 0.6 is 0 Å². The van der Waals surface area contributed by atoms with Crippen LogP contribution in [0.4, 0.5) is 26.3 Å².